The molecule has 0 bridgehead atoms. The standard InChI is InChI=1S/C10H21NO2/c1-9(2)13-8-10(5-11(3)4)6-12-7-10/h9H,5-8H2,1-4H3. The molecule has 0 N–H and O–H groups in total. The SMILES string of the molecule is CC(C)OCC1(CN(C)C)COC1. The summed E-state index contributed by atoms with van der Waals surface area (Å²) < 4.78 is 10.9. The molecule has 1 aliphatic rings. The van der Waals surface area contributed by atoms with Gasteiger partial charge in [-0.25, -0.2) is 0 Å². The second-order valence-corrected chi connectivity index (χ2v) is 4.59. The molecule has 0 amide bonds. The van der Waals surface area contributed by atoms with Crippen LogP contribution in [0.4, 0.5) is 0 Å². The van der Waals surface area contributed by atoms with E-state index in [9.17, 15) is 0 Å². The van der Waals surface area contributed by atoms with Gasteiger partial charge in [-0.2, -0.15) is 0 Å². The minimum atomic E-state index is 0.258. The van der Waals surface area contributed by atoms with Gasteiger partial charge in [-0.15, -0.1) is 0 Å². The maximum atomic E-state index is 5.64. The van der Waals surface area contributed by atoms with E-state index in [0.717, 1.165) is 26.4 Å². The van der Waals surface area contributed by atoms with Crippen molar-refractivity contribution in [3.8, 4) is 0 Å². The minimum absolute atomic E-state index is 0.258. The maximum Gasteiger partial charge on any atom is 0.0582 e. The van der Waals surface area contributed by atoms with Gasteiger partial charge in [0.25, 0.3) is 0 Å². The molecule has 0 aromatic carbocycles. The van der Waals surface area contributed by atoms with Crippen LogP contribution in [0.25, 0.3) is 0 Å². The third-order valence-electron chi connectivity index (χ3n) is 2.19. The van der Waals surface area contributed by atoms with Gasteiger partial charge in [0.2, 0.25) is 0 Å². The van der Waals surface area contributed by atoms with Crippen LogP contribution in [0.5, 0.6) is 0 Å². The summed E-state index contributed by atoms with van der Waals surface area (Å²) in [4.78, 5) is 2.20. The first-order chi connectivity index (χ1) is 6.04. The topological polar surface area (TPSA) is 21.7 Å². The summed E-state index contributed by atoms with van der Waals surface area (Å²) in [5, 5.41) is 0. The quantitative estimate of drug-likeness (QED) is 0.640. The van der Waals surface area contributed by atoms with Crippen LogP contribution in [0.3, 0.4) is 0 Å². The van der Waals surface area contributed by atoms with Crippen molar-refractivity contribution >= 4 is 0 Å². The second-order valence-electron chi connectivity index (χ2n) is 4.59. The fourth-order valence-corrected chi connectivity index (χ4v) is 1.63. The number of nitrogens with zero attached hydrogens (tertiary/aromatic N) is 1. The minimum Gasteiger partial charge on any atom is -0.380 e. The third kappa shape index (κ3) is 3.25. The summed E-state index contributed by atoms with van der Waals surface area (Å²) in [6, 6.07) is 0. The molecule has 1 saturated heterocycles. The molecule has 0 aliphatic carbocycles. The first kappa shape index (κ1) is 11.0. The molecule has 0 aromatic heterocycles. The van der Waals surface area contributed by atoms with Gasteiger partial charge in [0.1, 0.15) is 0 Å². The Labute approximate surface area is 81.0 Å². The fraction of sp³-hybridized carbons (Fsp3) is 1.00. The van der Waals surface area contributed by atoms with E-state index < -0.39 is 0 Å². The highest BCUT2D eigenvalue weighted by atomic mass is 16.5. The molecule has 78 valence electrons. The average molecular weight is 187 g/mol. The predicted octanol–water partition coefficient (Wildman–Crippen LogP) is 0.990. The highest BCUT2D eigenvalue weighted by Crippen LogP contribution is 2.28. The molecule has 3 heteroatoms. The van der Waals surface area contributed by atoms with Crippen LogP contribution in [-0.2, 0) is 9.47 Å². The van der Waals surface area contributed by atoms with Crippen LogP contribution < -0.4 is 0 Å². The zero-order chi connectivity index (χ0) is 9.90. The smallest absolute Gasteiger partial charge is 0.0582 e. The molecule has 0 saturated carbocycles. The first-order valence-electron chi connectivity index (χ1n) is 4.88. The van der Waals surface area contributed by atoms with E-state index in [1.54, 1.807) is 0 Å². The van der Waals surface area contributed by atoms with Crippen molar-refractivity contribution in [2.24, 2.45) is 5.41 Å². The lowest BCUT2D eigenvalue weighted by Gasteiger charge is -2.43. The van der Waals surface area contributed by atoms with Gasteiger partial charge in [-0.1, -0.05) is 0 Å². The highest BCUT2D eigenvalue weighted by molar-refractivity contribution is 4.87. The Morgan fingerprint density at radius 3 is 2.31 bits per heavy atom. The summed E-state index contributed by atoms with van der Waals surface area (Å²) in [5.74, 6) is 0. The molecule has 13 heavy (non-hydrogen) atoms. The predicted molar refractivity (Wildman–Crippen MR) is 52.9 cm³/mol. The average Bonchev–Trinajstić information content (AvgIpc) is 1.93. The summed E-state index contributed by atoms with van der Waals surface area (Å²) >= 11 is 0. The molecule has 1 aliphatic heterocycles. The molecule has 0 radical (unpaired) electrons. The zero-order valence-corrected chi connectivity index (χ0v) is 9.17. The van der Waals surface area contributed by atoms with E-state index in [-0.39, 0.29) is 5.41 Å². The van der Waals surface area contributed by atoms with E-state index in [0.29, 0.717) is 6.10 Å². The lowest BCUT2D eigenvalue weighted by Crippen LogP contribution is -2.52. The third-order valence-corrected chi connectivity index (χ3v) is 2.19. The summed E-state index contributed by atoms with van der Waals surface area (Å²) in [6.07, 6.45) is 0.319. The molecule has 0 aromatic rings. The van der Waals surface area contributed by atoms with Crippen LogP contribution in [-0.4, -0.2) is 51.5 Å². The van der Waals surface area contributed by atoms with E-state index in [2.05, 4.69) is 32.8 Å². The van der Waals surface area contributed by atoms with Gasteiger partial charge in [0.05, 0.1) is 31.3 Å². The van der Waals surface area contributed by atoms with Gasteiger partial charge in [-0.3, -0.25) is 0 Å². The number of ether oxygens (including phenoxy) is 2. The number of hydrogen-bond donors (Lipinski definition) is 0. The monoisotopic (exact) mass is 187 g/mol. The molecule has 0 unspecified atom stereocenters. The van der Waals surface area contributed by atoms with Gasteiger partial charge in [0.15, 0.2) is 0 Å². The van der Waals surface area contributed by atoms with Crippen molar-refractivity contribution in [3.63, 3.8) is 0 Å². The Morgan fingerprint density at radius 2 is 2.00 bits per heavy atom. The molecule has 0 atom stereocenters. The van der Waals surface area contributed by atoms with E-state index in [1.807, 2.05) is 0 Å². The molecular weight excluding hydrogens is 166 g/mol. The van der Waals surface area contributed by atoms with Crippen molar-refractivity contribution < 1.29 is 9.47 Å². The van der Waals surface area contributed by atoms with Crippen molar-refractivity contribution in [1.29, 1.82) is 0 Å². The fourth-order valence-electron chi connectivity index (χ4n) is 1.63. The summed E-state index contributed by atoms with van der Waals surface area (Å²) in [7, 11) is 4.19. The van der Waals surface area contributed by atoms with E-state index in [1.165, 1.54) is 0 Å². The molecule has 1 rings (SSSR count). The first-order valence-corrected chi connectivity index (χ1v) is 4.88. The Kier molecular flexibility index (Phi) is 3.71. The molecule has 1 fully saturated rings. The number of rotatable bonds is 5. The van der Waals surface area contributed by atoms with Crippen molar-refractivity contribution in [1.82, 2.24) is 4.90 Å². The number of hydrogen-bond acceptors (Lipinski definition) is 3. The molecular formula is C10H21NO2. The van der Waals surface area contributed by atoms with Gasteiger partial charge in [-0.05, 0) is 27.9 Å². The molecule has 3 nitrogen and oxygen atoms in total. The van der Waals surface area contributed by atoms with Gasteiger partial charge in [0, 0.05) is 6.54 Å². The lowest BCUT2D eigenvalue weighted by molar-refractivity contribution is -0.162. The largest absolute Gasteiger partial charge is 0.380 e. The normalized spacial score (nSPS) is 20.8. The van der Waals surface area contributed by atoms with Crippen LogP contribution in [0, 0.1) is 5.41 Å². The summed E-state index contributed by atoms with van der Waals surface area (Å²) in [6.45, 7) is 7.71. The van der Waals surface area contributed by atoms with Gasteiger partial charge >= 0.3 is 0 Å². The van der Waals surface area contributed by atoms with Crippen LogP contribution in [0.15, 0.2) is 0 Å². The Bertz CT molecular complexity index is 153. The van der Waals surface area contributed by atoms with E-state index >= 15 is 0 Å². The Balaban J connectivity index is 2.31. The van der Waals surface area contributed by atoms with Gasteiger partial charge < -0.3 is 14.4 Å². The Hall–Kier alpha value is -0.120. The van der Waals surface area contributed by atoms with Crippen LogP contribution in [0.1, 0.15) is 13.8 Å². The second kappa shape index (κ2) is 4.40. The summed E-state index contributed by atoms with van der Waals surface area (Å²) in [5.41, 5.74) is 0.258. The highest BCUT2D eigenvalue weighted by Gasteiger charge is 2.39. The van der Waals surface area contributed by atoms with Crippen molar-refractivity contribution in [2.75, 3.05) is 40.5 Å². The lowest BCUT2D eigenvalue weighted by atomic mass is 9.86. The zero-order valence-electron chi connectivity index (χ0n) is 9.17. The molecule has 1 heterocycles. The van der Waals surface area contributed by atoms with Crippen LogP contribution in [0.2, 0.25) is 0 Å². The molecule has 0 spiro atoms. The van der Waals surface area contributed by atoms with Crippen molar-refractivity contribution in [3.05, 3.63) is 0 Å². The van der Waals surface area contributed by atoms with Crippen molar-refractivity contribution in [2.45, 2.75) is 20.0 Å². The van der Waals surface area contributed by atoms with E-state index in [4.69, 9.17) is 9.47 Å². The Morgan fingerprint density at radius 1 is 1.38 bits per heavy atom. The maximum absolute atomic E-state index is 5.64. The van der Waals surface area contributed by atoms with Crippen LogP contribution >= 0.6 is 0 Å².